The Hall–Kier alpha value is -3.45. The van der Waals surface area contributed by atoms with Crippen molar-refractivity contribution < 1.29 is 31.3 Å². The molecule has 0 saturated heterocycles. The quantitative estimate of drug-likeness (QED) is 0.197. The molecule has 0 saturated carbocycles. The van der Waals surface area contributed by atoms with Crippen molar-refractivity contribution >= 4 is 22.2 Å². The first-order valence-electron chi connectivity index (χ1n) is 8.72. The van der Waals surface area contributed by atoms with Crippen LogP contribution in [-0.4, -0.2) is 15.7 Å². The number of rotatable bonds is 5. The molecule has 4 rings (SSSR count). The molecule has 0 amide bonds. The summed E-state index contributed by atoms with van der Waals surface area (Å²) in [5.41, 5.74) is 2.02. The maximum absolute atomic E-state index is 12.4. The normalized spacial score (nSPS) is 10.3. The molecule has 0 aliphatic rings. The van der Waals surface area contributed by atoms with Gasteiger partial charge in [-0.15, -0.1) is 0 Å². The molecule has 1 heterocycles. The maximum atomic E-state index is 12.4. The van der Waals surface area contributed by atoms with Gasteiger partial charge in [-0.2, -0.15) is 0 Å². The van der Waals surface area contributed by atoms with Crippen molar-refractivity contribution in [1.29, 1.82) is 0 Å². The summed E-state index contributed by atoms with van der Waals surface area (Å²) in [6.45, 7) is 0.0617. The molecule has 0 aliphatic heterocycles. The number of non-ortho nitro benzene ring substituents is 1. The van der Waals surface area contributed by atoms with E-state index in [4.69, 9.17) is 0 Å². The van der Waals surface area contributed by atoms with Crippen LogP contribution in [0.5, 0.6) is 0 Å². The molecule has 6 nitrogen and oxygen atoms in total. The molecular weight excluding hydrogens is 434 g/mol. The van der Waals surface area contributed by atoms with Crippen LogP contribution in [0.2, 0.25) is 0 Å². The third-order valence-electron chi connectivity index (χ3n) is 4.52. The van der Waals surface area contributed by atoms with Gasteiger partial charge >= 0.3 is 0 Å². The predicted octanol–water partition coefficient (Wildman–Crippen LogP) is 0.984. The average Bonchev–Trinajstić information content (AvgIpc) is 2.74. The first-order chi connectivity index (χ1) is 13.6. The van der Waals surface area contributed by atoms with Crippen LogP contribution < -0.4 is 21.5 Å². The molecule has 0 unspecified atom stereocenters. The Kier molecular flexibility index (Phi) is 6.09. The highest BCUT2D eigenvalue weighted by Gasteiger charge is 2.15. The van der Waals surface area contributed by atoms with Gasteiger partial charge in [0.2, 0.25) is 5.78 Å². The molecule has 0 atom stereocenters. The van der Waals surface area contributed by atoms with E-state index in [2.05, 4.69) is 29.2 Å². The summed E-state index contributed by atoms with van der Waals surface area (Å²) in [5, 5.41) is 13.2. The summed E-state index contributed by atoms with van der Waals surface area (Å²) in [5.74, 6) is -0.214. The SMILES string of the molecule is O=C(C[n+]1ccc(-c2ccc3ccccc3c2)nc1)c1cccc([N+](=O)[O-])c1.[Br-]. The van der Waals surface area contributed by atoms with Gasteiger partial charge in [-0.05, 0) is 27.9 Å². The standard InChI is InChI=1S/C22H16N3O3.BrH/c26-22(19-6-3-7-20(13-19)25(27)28)14-24-11-10-21(23-15-24)18-9-8-16-4-1-2-5-17(16)12-18;/h1-13,15H,14H2;1H/q+1;/p-1. The van der Waals surface area contributed by atoms with Gasteiger partial charge in [-0.3, -0.25) is 14.9 Å². The molecule has 0 N–H and O–H groups in total. The van der Waals surface area contributed by atoms with Gasteiger partial charge in [-0.1, -0.05) is 42.5 Å². The molecule has 3 aromatic carbocycles. The first-order valence-corrected chi connectivity index (χ1v) is 8.72. The second-order valence-electron chi connectivity index (χ2n) is 6.41. The molecule has 0 fully saturated rings. The number of ketones is 1. The number of halogens is 1. The minimum atomic E-state index is -0.510. The lowest BCUT2D eigenvalue weighted by atomic mass is 10.1. The summed E-state index contributed by atoms with van der Waals surface area (Å²) in [7, 11) is 0. The Morgan fingerprint density at radius 2 is 1.76 bits per heavy atom. The van der Waals surface area contributed by atoms with Gasteiger partial charge in [0.05, 0.1) is 11.1 Å². The first kappa shape index (κ1) is 20.3. The molecular formula is C22H16BrN3O3. The number of carbonyl (C=O) groups is 1. The fraction of sp³-hybridized carbons (Fsp3) is 0.0455. The van der Waals surface area contributed by atoms with Crippen LogP contribution in [0.3, 0.4) is 0 Å². The fourth-order valence-corrected chi connectivity index (χ4v) is 3.05. The second-order valence-corrected chi connectivity index (χ2v) is 6.41. The number of carbonyl (C=O) groups excluding carboxylic acids is 1. The van der Waals surface area contributed by atoms with Gasteiger partial charge in [0.15, 0.2) is 12.2 Å². The van der Waals surface area contributed by atoms with E-state index in [9.17, 15) is 14.9 Å². The van der Waals surface area contributed by atoms with Crippen molar-refractivity contribution in [2.75, 3.05) is 0 Å². The Morgan fingerprint density at radius 3 is 2.48 bits per heavy atom. The molecule has 0 aliphatic carbocycles. The smallest absolute Gasteiger partial charge is 0.287 e. The summed E-state index contributed by atoms with van der Waals surface area (Å²) >= 11 is 0. The largest absolute Gasteiger partial charge is 1.00 e. The Labute approximate surface area is 177 Å². The molecule has 29 heavy (non-hydrogen) atoms. The van der Waals surface area contributed by atoms with E-state index in [1.807, 2.05) is 24.3 Å². The number of benzene rings is 3. The number of hydrogen-bond donors (Lipinski definition) is 0. The van der Waals surface area contributed by atoms with Crippen LogP contribution in [-0.2, 0) is 6.54 Å². The van der Waals surface area contributed by atoms with Gasteiger partial charge in [0.1, 0.15) is 0 Å². The van der Waals surface area contributed by atoms with Gasteiger partial charge in [-0.25, -0.2) is 4.57 Å². The molecule has 0 radical (unpaired) electrons. The molecule has 144 valence electrons. The summed E-state index contributed by atoms with van der Waals surface area (Å²) in [4.78, 5) is 27.2. The van der Waals surface area contributed by atoms with Crippen molar-refractivity contribution in [3.05, 3.63) is 101 Å². The van der Waals surface area contributed by atoms with Crippen LogP contribution in [0.4, 0.5) is 5.69 Å². The second kappa shape index (κ2) is 8.70. The van der Waals surface area contributed by atoms with Crippen LogP contribution in [0, 0.1) is 10.1 Å². The number of nitro benzene ring substituents is 1. The summed E-state index contributed by atoms with van der Waals surface area (Å²) in [6.07, 6.45) is 3.38. The highest BCUT2D eigenvalue weighted by Crippen LogP contribution is 2.22. The van der Waals surface area contributed by atoms with E-state index in [1.54, 1.807) is 23.2 Å². The van der Waals surface area contributed by atoms with Gasteiger partial charge < -0.3 is 17.0 Å². The molecule has 0 spiro atoms. The number of nitro groups is 1. The third kappa shape index (κ3) is 4.52. The highest BCUT2D eigenvalue weighted by atomic mass is 79.9. The van der Waals surface area contributed by atoms with Gasteiger partial charge in [0, 0.05) is 29.3 Å². The number of aromatic nitrogens is 2. The lowest BCUT2D eigenvalue weighted by Gasteiger charge is -2.02. The van der Waals surface area contributed by atoms with Crippen molar-refractivity contribution in [1.82, 2.24) is 4.98 Å². The topological polar surface area (TPSA) is 77.0 Å². The van der Waals surface area contributed by atoms with Crippen molar-refractivity contribution in [3.63, 3.8) is 0 Å². The van der Waals surface area contributed by atoms with E-state index in [1.165, 1.54) is 23.6 Å². The summed E-state index contributed by atoms with van der Waals surface area (Å²) in [6, 6.07) is 21.9. The highest BCUT2D eigenvalue weighted by molar-refractivity contribution is 5.95. The van der Waals surface area contributed by atoms with Crippen LogP contribution in [0.15, 0.2) is 85.3 Å². The number of hydrogen-bond acceptors (Lipinski definition) is 4. The van der Waals surface area contributed by atoms with Crippen LogP contribution in [0.1, 0.15) is 10.4 Å². The zero-order valence-corrected chi connectivity index (χ0v) is 16.8. The number of Topliss-reactive ketones (excluding diaryl/α,β-unsaturated/α-hetero) is 1. The van der Waals surface area contributed by atoms with Crippen LogP contribution in [0.25, 0.3) is 22.0 Å². The van der Waals surface area contributed by atoms with E-state index >= 15 is 0 Å². The minimum Gasteiger partial charge on any atom is -1.00 e. The maximum Gasteiger partial charge on any atom is 0.287 e. The van der Waals surface area contributed by atoms with Crippen molar-refractivity contribution in [3.8, 4) is 11.3 Å². The zero-order valence-electron chi connectivity index (χ0n) is 15.2. The van der Waals surface area contributed by atoms with Crippen molar-refractivity contribution in [2.45, 2.75) is 6.54 Å². The average molecular weight is 450 g/mol. The minimum absolute atomic E-state index is 0. The van der Waals surface area contributed by atoms with E-state index in [-0.39, 0.29) is 35.0 Å². The van der Waals surface area contributed by atoms with E-state index in [0.29, 0.717) is 5.56 Å². The van der Waals surface area contributed by atoms with Crippen LogP contribution >= 0.6 is 0 Å². The Bertz CT molecular complexity index is 1190. The van der Waals surface area contributed by atoms with Crippen molar-refractivity contribution in [2.24, 2.45) is 0 Å². The summed E-state index contributed by atoms with van der Waals surface area (Å²) < 4.78 is 1.66. The monoisotopic (exact) mass is 449 g/mol. The third-order valence-corrected chi connectivity index (χ3v) is 4.52. The number of fused-ring (bicyclic) bond motifs is 1. The molecule has 4 aromatic rings. The molecule has 7 heteroatoms. The Balaban J connectivity index is 0.00000240. The molecule has 1 aromatic heterocycles. The zero-order chi connectivity index (χ0) is 19.5. The lowest BCUT2D eigenvalue weighted by molar-refractivity contribution is -0.686. The van der Waals surface area contributed by atoms with Gasteiger partial charge in [0.25, 0.3) is 12.0 Å². The fourth-order valence-electron chi connectivity index (χ4n) is 3.05. The Morgan fingerprint density at radius 1 is 0.966 bits per heavy atom. The molecule has 0 bridgehead atoms. The van der Waals surface area contributed by atoms with E-state index < -0.39 is 4.92 Å². The predicted molar refractivity (Wildman–Crippen MR) is 105 cm³/mol. The van der Waals surface area contributed by atoms with E-state index in [0.717, 1.165) is 16.6 Å². The number of nitrogens with zero attached hydrogens (tertiary/aromatic N) is 3. The lowest BCUT2D eigenvalue weighted by Crippen LogP contribution is -3.00.